The molecule has 0 aromatic heterocycles. The highest BCUT2D eigenvalue weighted by Crippen LogP contribution is 2.30. The summed E-state index contributed by atoms with van der Waals surface area (Å²) in [5.74, 6) is 0.219. The molecule has 2 aliphatic heterocycles. The van der Waals surface area contributed by atoms with Crippen LogP contribution < -0.4 is 10.1 Å². The van der Waals surface area contributed by atoms with Crippen LogP contribution in [0.3, 0.4) is 0 Å². The van der Waals surface area contributed by atoms with Crippen molar-refractivity contribution >= 4 is 23.4 Å². The van der Waals surface area contributed by atoms with Gasteiger partial charge in [-0.05, 0) is 24.6 Å². The predicted octanol–water partition coefficient (Wildman–Crippen LogP) is 1.08. The number of likely N-dealkylation sites (tertiary alicyclic amines) is 1. The minimum Gasteiger partial charge on any atom is -0.496 e. The third-order valence-corrected chi connectivity index (χ3v) is 4.35. The third kappa shape index (κ3) is 2.76. The Bertz CT molecular complexity index is 610. The number of ether oxygens (including phenoxy) is 2. The van der Waals surface area contributed by atoms with Crippen LogP contribution in [0.25, 0.3) is 0 Å². The van der Waals surface area contributed by atoms with Gasteiger partial charge in [-0.3, -0.25) is 9.59 Å². The zero-order valence-electron chi connectivity index (χ0n) is 12.2. The molecule has 22 heavy (non-hydrogen) atoms. The fraction of sp³-hybridized carbons (Fsp3) is 0.467. The molecule has 2 aliphatic rings. The molecule has 3 rings (SSSR count). The SMILES string of the molecule is COc1cc(Cl)ccc1C(=O)N1CCC2(CNC(=O)CO2)C1. The Kier molecular flexibility index (Phi) is 3.97. The van der Waals surface area contributed by atoms with Crippen molar-refractivity contribution in [1.29, 1.82) is 0 Å². The van der Waals surface area contributed by atoms with Crippen molar-refractivity contribution in [2.24, 2.45) is 0 Å². The molecule has 1 unspecified atom stereocenters. The van der Waals surface area contributed by atoms with E-state index in [4.69, 9.17) is 21.1 Å². The van der Waals surface area contributed by atoms with Gasteiger partial charge in [-0.2, -0.15) is 0 Å². The lowest BCUT2D eigenvalue weighted by atomic mass is 10.0. The van der Waals surface area contributed by atoms with Crippen LogP contribution in [0.2, 0.25) is 5.02 Å². The van der Waals surface area contributed by atoms with E-state index in [9.17, 15) is 9.59 Å². The highest BCUT2D eigenvalue weighted by atomic mass is 35.5. The molecule has 0 aliphatic carbocycles. The van der Waals surface area contributed by atoms with E-state index < -0.39 is 5.60 Å². The molecule has 0 bridgehead atoms. The largest absolute Gasteiger partial charge is 0.496 e. The highest BCUT2D eigenvalue weighted by molar-refractivity contribution is 6.30. The second-order valence-corrected chi connectivity index (χ2v) is 6.01. The number of hydrogen-bond donors (Lipinski definition) is 1. The maximum Gasteiger partial charge on any atom is 0.257 e. The first-order valence-electron chi connectivity index (χ1n) is 7.06. The Balaban J connectivity index is 1.76. The number of nitrogens with one attached hydrogen (secondary N) is 1. The lowest BCUT2D eigenvalue weighted by Gasteiger charge is -2.33. The topological polar surface area (TPSA) is 67.9 Å². The van der Waals surface area contributed by atoms with Crippen LogP contribution >= 0.6 is 11.6 Å². The number of methoxy groups -OCH3 is 1. The van der Waals surface area contributed by atoms with E-state index in [2.05, 4.69) is 5.32 Å². The van der Waals surface area contributed by atoms with Gasteiger partial charge < -0.3 is 19.7 Å². The Hall–Kier alpha value is -1.79. The summed E-state index contributed by atoms with van der Waals surface area (Å²) in [7, 11) is 1.51. The average molecular weight is 325 g/mol. The maximum absolute atomic E-state index is 12.7. The molecule has 0 saturated carbocycles. The lowest BCUT2D eigenvalue weighted by Crippen LogP contribution is -2.54. The van der Waals surface area contributed by atoms with Gasteiger partial charge >= 0.3 is 0 Å². The molecule has 6 nitrogen and oxygen atoms in total. The van der Waals surface area contributed by atoms with E-state index in [0.29, 0.717) is 42.4 Å². The molecule has 1 aromatic carbocycles. The number of morpholine rings is 1. The Morgan fingerprint density at radius 2 is 2.32 bits per heavy atom. The maximum atomic E-state index is 12.7. The average Bonchev–Trinajstić information content (AvgIpc) is 2.94. The number of amides is 2. The minimum absolute atomic E-state index is 0.0479. The second kappa shape index (κ2) is 5.78. The third-order valence-electron chi connectivity index (χ3n) is 4.11. The summed E-state index contributed by atoms with van der Waals surface area (Å²) >= 11 is 5.93. The van der Waals surface area contributed by atoms with Crippen LogP contribution in [0.4, 0.5) is 0 Å². The van der Waals surface area contributed by atoms with Crippen molar-refractivity contribution in [1.82, 2.24) is 10.2 Å². The molecule has 2 saturated heterocycles. The first-order valence-corrected chi connectivity index (χ1v) is 7.44. The minimum atomic E-state index is -0.469. The quantitative estimate of drug-likeness (QED) is 0.884. The van der Waals surface area contributed by atoms with Crippen LogP contribution in [0.15, 0.2) is 18.2 Å². The van der Waals surface area contributed by atoms with Crippen molar-refractivity contribution in [3.05, 3.63) is 28.8 Å². The van der Waals surface area contributed by atoms with E-state index in [1.165, 1.54) is 7.11 Å². The van der Waals surface area contributed by atoms with Crippen LogP contribution in [0.5, 0.6) is 5.75 Å². The van der Waals surface area contributed by atoms with E-state index in [-0.39, 0.29) is 18.4 Å². The normalized spacial score (nSPS) is 24.5. The molecular weight excluding hydrogens is 308 g/mol. The van der Waals surface area contributed by atoms with Gasteiger partial charge in [0.15, 0.2) is 0 Å². The summed E-state index contributed by atoms with van der Waals surface area (Å²) in [4.78, 5) is 25.6. The smallest absolute Gasteiger partial charge is 0.257 e. The number of nitrogens with zero attached hydrogens (tertiary/aromatic N) is 1. The molecule has 2 amide bonds. The summed E-state index contributed by atoms with van der Waals surface area (Å²) in [5.41, 5.74) is 0.00672. The number of carbonyl (C=O) groups is 2. The number of halogens is 1. The number of benzene rings is 1. The Morgan fingerprint density at radius 1 is 1.50 bits per heavy atom. The Labute approximate surface area is 133 Å². The molecule has 0 radical (unpaired) electrons. The van der Waals surface area contributed by atoms with Crippen molar-refractivity contribution in [3.8, 4) is 5.75 Å². The van der Waals surface area contributed by atoms with E-state index in [1.54, 1.807) is 23.1 Å². The van der Waals surface area contributed by atoms with Crippen molar-refractivity contribution in [3.63, 3.8) is 0 Å². The predicted molar refractivity (Wildman–Crippen MR) is 80.2 cm³/mol. The molecule has 1 spiro atoms. The van der Waals surface area contributed by atoms with E-state index in [1.807, 2.05) is 0 Å². The van der Waals surface area contributed by atoms with Crippen LogP contribution in [0.1, 0.15) is 16.8 Å². The zero-order valence-corrected chi connectivity index (χ0v) is 13.0. The van der Waals surface area contributed by atoms with Gasteiger partial charge in [0.1, 0.15) is 18.0 Å². The van der Waals surface area contributed by atoms with Gasteiger partial charge in [-0.1, -0.05) is 11.6 Å². The van der Waals surface area contributed by atoms with E-state index in [0.717, 1.165) is 0 Å². The molecule has 1 aromatic rings. The molecule has 7 heteroatoms. The first-order chi connectivity index (χ1) is 10.5. The zero-order chi connectivity index (χ0) is 15.7. The molecule has 118 valence electrons. The Morgan fingerprint density at radius 3 is 3.00 bits per heavy atom. The van der Waals surface area contributed by atoms with E-state index >= 15 is 0 Å². The molecule has 1 atom stereocenters. The summed E-state index contributed by atoms with van der Waals surface area (Å²) in [6.07, 6.45) is 0.703. The van der Waals surface area contributed by atoms with Gasteiger partial charge in [0.2, 0.25) is 5.91 Å². The second-order valence-electron chi connectivity index (χ2n) is 5.57. The molecule has 2 heterocycles. The van der Waals surface area contributed by atoms with Gasteiger partial charge in [0, 0.05) is 18.1 Å². The monoisotopic (exact) mass is 324 g/mol. The summed E-state index contributed by atoms with van der Waals surface area (Å²) in [5, 5.41) is 3.32. The van der Waals surface area contributed by atoms with Crippen molar-refractivity contribution < 1.29 is 19.1 Å². The van der Waals surface area contributed by atoms with Gasteiger partial charge in [0.25, 0.3) is 5.91 Å². The summed E-state index contributed by atoms with van der Waals surface area (Å²) < 4.78 is 10.9. The summed E-state index contributed by atoms with van der Waals surface area (Å²) in [6, 6.07) is 4.95. The number of rotatable bonds is 2. The number of carbonyl (C=O) groups excluding carboxylic acids is 2. The van der Waals surface area contributed by atoms with Gasteiger partial charge in [0.05, 0.1) is 19.2 Å². The first kappa shape index (κ1) is 15.1. The van der Waals surface area contributed by atoms with Crippen LogP contribution in [-0.2, 0) is 9.53 Å². The fourth-order valence-electron chi connectivity index (χ4n) is 2.87. The van der Waals surface area contributed by atoms with Gasteiger partial charge in [-0.25, -0.2) is 0 Å². The van der Waals surface area contributed by atoms with Crippen LogP contribution in [-0.4, -0.2) is 55.7 Å². The molecule has 1 N–H and O–H groups in total. The fourth-order valence-corrected chi connectivity index (χ4v) is 3.03. The van der Waals surface area contributed by atoms with Crippen LogP contribution in [0, 0.1) is 0 Å². The number of hydrogen-bond acceptors (Lipinski definition) is 4. The standard InChI is InChI=1S/C15H17ClN2O4/c1-21-12-6-10(16)2-3-11(12)14(20)18-5-4-15(9-18)8-17-13(19)7-22-15/h2-3,6H,4-5,7-9H2,1H3,(H,17,19). The molecule has 2 fully saturated rings. The molecular formula is C15H17ClN2O4. The summed E-state index contributed by atoms with van der Waals surface area (Å²) in [6.45, 7) is 1.53. The highest BCUT2D eigenvalue weighted by Gasteiger charge is 2.44. The van der Waals surface area contributed by atoms with Crippen molar-refractivity contribution in [2.75, 3.05) is 33.4 Å². The van der Waals surface area contributed by atoms with Gasteiger partial charge in [-0.15, -0.1) is 0 Å². The lowest BCUT2D eigenvalue weighted by molar-refractivity contribution is -0.141. The van der Waals surface area contributed by atoms with Crippen molar-refractivity contribution in [2.45, 2.75) is 12.0 Å².